The first kappa shape index (κ1) is 11.6. The second-order valence-electron chi connectivity index (χ2n) is 4.33. The van der Waals surface area contributed by atoms with Gasteiger partial charge in [0.05, 0.1) is 0 Å². The molecule has 1 saturated heterocycles. The van der Waals surface area contributed by atoms with Gasteiger partial charge >= 0.3 is 5.69 Å². The van der Waals surface area contributed by atoms with Crippen molar-refractivity contribution >= 4 is 5.91 Å². The Labute approximate surface area is 96.9 Å². The van der Waals surface area contributed by atoms with Gasteiger partial charge in [-0.25, -0.2) is 9.89 Å². The van der Waals surface area contributed by atoms with Gasteiger partial charge in [0.1, 0.15) is 0 Å². The fourth-order valence-electron chi connectivity index (χ4n) is 1.85. The monoisotopic (exact) mass is 238 g/mol. The summed E-state index contributed by atoms with van der Waals surface area (Å²) in [5, 5.41) is 5.56. The maximum Gasteiger partial charge on any atom is 0.342 e. The van der Waals surface area contributed by atoms with Crippen molar-refractivity contribution in [2.75, 3.05) is 13.1 Å². The van der Waals surface area contributed by atoms with Gasteiger partial charge in [-0.2, -0.15) is 5.10 Å². The normalized spacial score (nSPS) is 17.1. The minimum absolute atomic E-state index is 0.251. The van der Waals surface area contributed by atoms with E-state index in [0.717, 1.165) is 12.8 Å². The summed E-state index contributed by atoms with van der Waals surface area (Å²) >= 11 is 0. The lowest BCUT2D eigenvalue weighted by Crippen LogP contribution is -2.42. The molecule has 2 N–H and O–H groups in total. The van der Waals surface area contributed by atoms with Crippen LogP contribution < -0.4 is 11.2 Å². The Hall–Kier alpha value is -1.92. The SMILES string of the molecule is CC1CCN(C(=O)c2n[nH]c(=O)[nH]c2=O)CC1. The van der Waals surface area contributed by atoms with Crippen molar-refractivity contribution in [2.24, 2.45) is 5.92 Å². The molecule has 0 saturated carbocycles. The highest BCUT2D eigenvalue weighted by Gasteiger charge is 2.24. The number of aromatic nitrogens is 3. The second-order valence-corrected chi connectivity index (χ2v) is 4.33. The van der Waals surface area contributed by atoms with E-state index >= 15 is 0 Å². The minimum Gasteiger partial charge on any atom is -0.337 e. The van der Waals surface area contributed by atoms with Crippen LogP contribution in [0.4, 0.5) is 0 Å². The molecule has 0 unspecified atom stereocenters. The third kappa shape index (κ3) is 2.43. The third-order valence-electron chi connectivity index (χ3n) is 2.98. The summed E-state index contributed by atoms with van der Waals surface area (Å²) < 4.78 is 0. The van der Waals surface area contributed by atoms with Gasteiger partial charge in [-0.15, -0.1) is 0 Å². The van der Waals surface area contributed by atoms with Crippen LogP contribution in [0.15, 0.2) is 9.59 Å². The first-order valence-electron chi connectivity index (χ1n) is 5.56. The molecule has 7 nitrogen and oxygen atoms in total. The predicted octanol–water partition coefficient (Wildman–Crippen LogP) is -0.670. The van der Waals surface area contributed by atoms with E-state index < -0.39 is 17.2 Å². The summed E-state index contributed by atoms with van der Waals surface area (Å²) in [4.78, 5) is 37.7. The van der Waals surface area contributed by atoms with E-state index in [1.165, 1.54) is 0 Å². The molecule has 2 heterocycles. The third-order valence-corrected chi connectivity index (χ3v) is 2.98. The van der Waals surface area contributed by atoms with Gasteiger partial charge in [0.2, 0.25) is 5.69 Å². The molecule has 0 spiro atoms. The summed E-state index contributed by atoms with van der Waals surface area (Å²) in [5.74, 6) is 0.176. The van der Waals surface area contributed by atoms with E-state index in [9.17, 15) is 14.4 Å². The number of likely N-dealkylation sites (tertiary alicyclic amines) is 1. The Balaban J connectivity index is 2.20. The standard InChI is InChI=1S/C10H14N4O3/c1-6-2-4-14(5-3-6)9(16)7-8(15)11-10(17)13-12-7/h6H,2-5H2,1H3,(H2,11,13,15,17). The van der Waals surface area contributed by atoms with Crippen molar-refractivity contribution in [3.63, 3.8) is 0 Å². The molecule has 1 aromatic rings. The highest BCUT2D eigenvalue weighted by molar-refractivity contribution is 5.91. The average Bonchev–Trinajstić information content (AvgIpc) is 2.29. The van der Waals surface area contributed by atoms with Crippen molar-refractivity contribution in [2.45, 2.75) is 19.8 Å². The van der Waals surface area contributed by atoms with Crippen molar-refractivity contribution in [3.05, 3.63) is 26.5 Å². The van der Waals surface area contributed by atoms with Gasteiger partial charge in [0.15, 0.2) is 0 Å². The highest BCUT2D eigenvalue weighted by Crippen LogP contribution is 2.16. The topological polar surface area (TPSA) is 98.9 Å². The Kier molecular flexibility index (Phi) is 3.08. The van der Waals surface area contributed by atoms with Gasteiger partial charge in [0, 0.05) is 13.1 Å². The van der Waals surface area contributed by atoms with Crippen molar-refractivity contribution < 1.29 is 4.79 Å². The van der Waals surface area contributed by atoms with E-state index in [2.05, 4.69) is 17.1 Å². The number of amides is 1. The zero-order valence-electron chi connectivity index (χ0n) is 9.52. The maximum atomic E-state index is 12.0. The molecule has 17 heavy (non-hydrogen) atoms. The molecule has 0 atom stereocenters. The number of nitrogens with one attached hydrogen (secondary N) is 2. The smallest absolute Gasteiger partial charge is 0.337 e. The zero-order chi connectivity index (χ0) is 12.4. The Morgan fingerprint density at radius 3 is 2.59 bits per heavy atom. The zero-order valence-corrected chi connectivity index (χ0v) is 9.52. The number of carbonyl (C=O) groups is 1. The summed E-state index contributed by atoms with van der Waals surface area (Å²) in [6.07, 6.45) is 1.85. The quantitative estimate of drug-likeness (QED) is 0.677. The number of hydrogen-bond donors (Lipinski definition) is 2. The lowest BCUT2D eigenvalue weighted by molar-refractivity contribution is 0.0687. The molecule has 1 amide bonds. The highest BCUT2D eigenvalue weighted by atomic mass is 16.2. The molecule has 1 aromatic heterocycles. The lowest BCUT2D eigenvalue weighted by Gasteiger charge is -2.29. The number of hydrogen-bond acceptors (Lipinski definition) is 4. The van der Waals surface area contributed by atoms with Gasteiger partial charge < -0.3 is 4.90 Å². The first-order valence-corrected chi connectivity index (χ1v) is 5.56. The van der Waals surface area contributed by atoms with Crippen LogP contribution in [0.3, 0.4) is 0 Å². The molecule has 0 aromatic carbocycles. The lowest BCUT2D eigenvalue weighted by atomic mass is 9.99. The van der Waals surface area contributed by atoms with Gasteiger partial charge in [0.25, 0.3) is 11.5 Å². The Morgan fingerprint density at radius 2 is 2.00 bits per heavy atom. The fourth-order valence-corrected chi connectivity index (χ4v) is 1.85. The molecule has 0 aliphatic carbocycles. The molecule has 92 valence electrons. The van der Waals surface area contributed by atoms with Crippen molar-refractivity contribution in [1.82, 2.24) is 20.1 Å². The van der Waals surface area contributed by atoms with Crippen LogP contribution in [0.25, 0.3) is 0 Å². The van der Waals surface area contributed by atoms with Crippen LogP contribution in [0.2, 0.25) is 0 Å². The Morgan fingerprint density at radius 1 is 1.35 bits per heavy atom. The molecular formula is C10H14N4O3. The predicted molar refractivity (Wildman–Crippen MR) is 59.8 cm³/mol. The van der Waals surface area contributed by atoms with Crippen molar-refractivity contribution in [1.29, 1.82) is 0 Å². The van der Waals surface area contributed by atoms with Crippen LogP contribution in [0.5, 0.6) is 0 Å². The first-order chi connectivity index (χ1) is 8.08. The number of nitrogens with zero attached hydrogens (tertiary/aromatic N) is 2. The van der Waals surface area contributed by atoms with E-state index in [-0.39, 0.29) is 5.69 Å². The van der Waals surface area contributed by atoms with Crippen LogP contribution in [0, 0.1) is 5.92 Å². The van der Waals surface area contributed by atoms with E-state index in [1.54, 1.807) is 4.90 Å². The van der Waals surface area contributed by atoms with Crippen LogP contribution in [-0.4, -0.2) is 39.1 Å². The largest absolute Gasteiger partial charge is 0.342 e. The average molecular weight is 238 g/mol. The van der Waals surface area contributed by atoms with Gasteiger partial charge in [-0.3, -0.25) is 14.6 Å². The maximum absolute atomic E-state index is 12.0. The molecule has 7 heteroatoms. The number of carbonyl (C=O) groups excluding carboxylic acids is 1. The molecule has 1 aliphatic heterocycles. The van der Waals surface area contributed by atoms with E-state index in [4.69, 9.17) is 0 Å². The molecule has 0 radical (unpaired) electrons. The van der Waals surface area contributed by atoms with Gasteiger partial charge in [-0.05, 0) is 18.8 Å². The molecule has 2 rings (SSSR count). The number of H-pyrrole nitrogens is 2. The number of piperidine rings is 1. The molecular weight excluding hydrogens is 224 g/mol. The van der Waals surface area contributed by atoms with Crippen molar-refractivity contribution in [3.8, 4) is 0 Å². The van der Waals surface area contributed by atoms with E-state index in [1.807, 2.05) is 4.98 Å². The number of aromatic amines is 2. The summed E-state index contributed by atoms with van der Waals surface area (Å²) in [6.45, 7) is 3.38. The second kappa shape index (κ2) is 4.52. The summed E-state index contributed by atoms with van der Waals surface area (Å²) in [7, 11) is 0. The van der Waals surface area contributed by atoms with E-state index in [0.29, 0.717) is 19.0 Å². The minimum atomic E-state index is -0.739. The van der Waals surface area contributed by atoms with Crippen LogP contribution in [-0.2, 0) is 0 Å². The fraction of sp³-hybridized carbons (Fsp3) is 0.600. The Bertz CT molecular complexity index is 525. The molecule has 1 aliphatic rings. The van der Waals surface area contributed by atoms with Crippen LogP contribution in [0.1, 0.15) is 30.3 Å². The van der Waals surface area contributed by atoms with Gasteiger partial charge in [-0.1, -0.05) is 6.92 Å². The molecule has 1 fully saturated rings. The summed E-state index contributed by atoms with van der Waals surface area (Å²) in [6, 6.07) is 0. The number of rotatable bonds is 1. The molecule has 0 bridgehead atoms. The summed E-state index contributed by atoms with van der Waals surface area (Å²) in [5.41, 5.74) is -1.70. The van der Waals surface area contributed by atoms with Crippen LogP contribution >= 0.6 is 0 Å².